The van der Waals surface area contributed by atoms with E-state index in [1.54, 1.807) is 0 Å². The van der Waals surface area contributed by atoms with Crippen LogP contribution in [-0.4, -0.2) is 12.9 Å². The van der Waals surface area contributed by atoms with Crippen LogP contribution in [0, 0.1) is 0 Å². The fraction of sp³-hybridized carbons (Fsp3) is 0.122. The van der Waals surface area contributed by atoms with Crippen molar-refractivity contribution in [3.8, 4) is 0 Å². The van der Waals surface area contributed by atoms with Crippen LogP contribution in [0.5, 0.6) is 0 Å². The molecule has 0 aromatic heterocycles. The maximum atomic E-state index is 6.97. The molecule has 46 heavy (non-hydrogen) atoms. The number of rotatable bonds is 13. The predicted molar refractivity (Wildman–Crippen MR) is 186 cm³/mol. The Hall–Kier alpha value is -4.22. The first kappa shape index (κ1) is 31.7. The molecule has 0 aliphatic heterocycles. The normalized spacial score (nSPS) is 13.3. The number of hydrogen-bond acceptors (Lipinski definition) is 3. The molecule has 0 N–H and O–H groups in total. The quantitative estimate of drug-likeness (QED) is 0.117. The molecule has 2 unspecified atom stereocenters. The lowest BCUT2D eigenvalue weighted by molar-refractivity contribution is -0.211. The van der Waals surface area contributed by atoms with E-state index >= 15 is 0 Å². The highest BCUT2D eigenvalue weighted by Gasteiger charge is 2.28. The fourth-order valence-corrected chi connectivity index (χ4v) is 5.71. The van der Waals surface area contributed by atoms with Crippen molar-refractivity contribution in [3.05, 3.63) is 213 Å². The molecule has 230 valence electrons. The first-order valence-corrected chi connectivity index (χ1v) is 16.0. The summed E-state index contributed by atoms with van der Waals surface area (Å²) in [6.45, 7) is 0.155. The molecule has 0 fully saturated rings. The SMILES string of the molecule is Clc1ccc(C(OC(COC(c2ccccc2)c2ccccc2)OC(c2ccccc2)c2ccc(Cl)cc2)c2ccccc2)cc1. The third-order valence-corrected chi connectivity index (χ3v) is 8.23. The molecule has 0 heterocycles. The van der Waals surface area contributed by atoms with Crippen LogP contribution in [0.2, 0.25) is 10.0 Å². The standard InChI is InChI=1S/C41H34Cl2O3/c42-36-25-21-34(22-26-36)40(32-17-9-3-10-18-32)45-38(29-44-39(30-13-5-1-6-14-30)31-15-7-2-8-16-31)46-41(33-19-11-4-12-20-33)35-23-27-37(43)28-24-35/h1-28,38-41H,29H2. The zero-order chi connectivity index (χ0) is 31.6. The van der Waals surface area contributed by atoms with Gasteiger partial charge in [-0.15, -0.1) is 0 Å². The van der Waals surface area contributed by atoms with E-state index in [1.165, 1.54) is 0 Å². The van der Waals surface area contributed by atoms with Gasteiger partial charge in [-0.3, -0.25) is 0 Å². The summed E-state index contributed by atoms with van der Waals surface area (Å²) in [6, 6.07) is 56.2. The van der Waals surface area contributed by atoms with Gasteiger partial charge in [-0.1, -0.05) is 169 Å². The van der Waals surface area contributed by atoms with Crippen LogP contribution in [-0.2, 0) is 14.2 Å². The highest BCUT2D eigenvalue weighted by Crippen LogP contribution is 2.35. The van der Waals surface area contributed by atoms with Crippen molar-refractivity contribution in [1.29, 1.82) is 0 Å². The van der Waals surface area contributed by atoms with Crippen molar-refractivity contribution >= 4 is 23.2 Å². The average Bonchev–Trinajstić information content (AvgIpc) is 3.12. The number of benzene rings is 6. The topological polar surface area (TPSA) is 27.7 Å². The molecule has 0 aliphatic rings. The second-order valence-electron chi connectivity index (χ2n) is 10.9. The monoisotopic (exact) mass is 644 g/mol. The lowest BCUT2D eigenvalue weighted by atomic mass is 10.0. The van der Waals surface area contributed by atoms with Gasteiger partial charge in [-0.25, -0.2) is 0 Å². The van der Waals surface area contributed by atoms with Crippen molar-refractivity contribution in [2.45, 2.75) is 24.6 Å². The van der Waals surface area contributed by atoms with Gasteiger partial charge >= 0.3 is 0 Å². The summed E-state index contributed by atoms with van der Waals surface area (Å²) >= 11 is 12.6. The molecule has 5 heteroatoms. The maximum absolute atomic E-state index is 6.97. The van der Waals surface area contributed by atoms with Gasteiger partial charge in [0, 0.05) is 10.0 Å². The number of halogens is 2. The zero-order valence-electron chi connectivity index (χ0n) is 25.2. The smallest absolute Gasteiger partial charge is 0.183 e. The Morgan fingerprint density at radius 3 is 0.957 bits per heavy atom. The van der Waals surface area contributed by atoms with Crippen LogP contribution < -0.4 is 0 Å². The summed E-state index contributed by atoms with van der Waals surface area (Å²) in [5, 5.41) is 1.32. The van der Waals surface area contributed by atoms with Gasteiger partial charge in [0.2, 0.25) is 0 Å². The predicted octanol–water partition coefficient (Wildman–Crippen LogP) is 11.0. The van der Waals surface area contributed by atoms with Crippen LogP contribution in [0.1, 0.15) is 51.7 Å². The van der Waals surface area contributed by atoms with Crippen molar-refractivity contribution < 1.29 is 14.2 Å². The summed E-state index contributed by atoms with van der Waals surface area (Å²) in [4.78, 5) is 0. The third-order valence-electron chi connectivity index (χ3n) is 7.73. The average molecular weight is 646 g/mol. The van der Waals surface area contributed by atoms with E-state index in [2.05, 4.69) is 48.5 Å². The first-order valence-electron chi connectivity index (χ1n) is 15.3. The fourth-order valence-electron chi connectivity index (χ4n) is 5.46. The van der Waals surface area contributed by atoms with Gasteiger partial charge in [-0.05, 0) is 57.6 Å². The van der Waals surface area contributed by atoms with Gasteiger partial charge in [0.25, 0.3) is 0 Å². The summed E-state index contributed by atoms with van der Waals surface area (Å²) in [5.41, 5.74) is 5.97. The van der Waals surface area contributed by atoms with E-state index in [0.29, 0.717) is 10.0 Å². The summed E-state index contributed by atoms with van der Waals surface area (Å²) in [7, 11) is 0. The van der Waals surface area contributed by atoms with Crippen LogP contribution in [0.3, 0.4) is 0 Å². The van der Waals surface area contributed by atoms with Gasteiger partial charge in [0.05, 0.1) is 6.61 Å². The number of ether oxygens (including phenoxy) is 3. The highest BCUT2D eigenvalue weighted by atomic mass is 35.5. The molecule has 6 rings (SSSR count). The van der Waals surface area contributed by atoms with Crippen molar-refractivity contribution in [3.63, 3.8) is 0 Å². The maximum Gasteiger partial charge on any atom is 0.183 e. The Kier molecular flexibility index (Phi) is 10.9. The molecular weight excluding hydrogens is 611 g/mol. The van der Waals surface area contributed by atoms with Crippen molar-refractivity contribution in [1.82, 2.24) is 0 Å². The van der Waals surface area contributed by atoms with Gasteiger partial charge in [0.1, 0.15) is 18.3 Å². The molecule has 0 spiro atoms. The summed E-state index contributed by atoms with van der Waals surface area (Å²) in [6.07, 6.45) is -1.99. The molecular formula is C41H34Cl2O3. The van der Waals surface area contributed by atoms with Crippen LogP contribution in [0.25, 0.3) is 0 Å². The Morgan fingerprint density at radius 1 is 0.348 bits per heavy atom. The highest BCUT2D eigenvalue weighted by molar-refractivity contribution is 6.30. The zero-order valence-corrected chi connectivity index (χ0v) is 26.7. The Balaban J connectivity index is 1.38. The molecule has 0 aliphatic carbocycles. The van der Waals surface area contributed by atoms with Gasteiger partial charge in [0.15, 0.2) is 6.29 Å². The van der Waals surface area contributed by atoms with E-state index in [9.17, 15) is 0 Å². The minimum absolute atomic E-state index is 0.155. The van der Waals surface area contributed by atoms with Gasteiger partial charge < -0.3 is 14.2 Å². The molecule has 0 bridgehead atoms. The van der Waals surface area contributed by atoms with E-state index in [0.717, 1.165) is 33.4 Å². The van der Waals surface area contributed by atoms with E-state index in [-0.39, 0.29) is 12.7 Å². The lowest BCUT2D eigenvalue weighted by Gasteiger charge is -2.31. The van der Waals surface area contributed by atoms with Crippen LogP contribution >= 0.6 is 23.2 Å². The van der Waals surface area contributed by atoms with E-state index < -0.39 is 18.5 Å². The van der Waals surface area contributed by atoms with Crippen LogP contribution in [0.15, 0.2) is 170 Å². The minimum atomic E-state index is -0.781. The molecule has 3 nitrogen and oxygen atoms in total. The molecule has 2 atom stereocenters. The summed E-state index contributed by atoms with van der Waals surface area (Å²) < 4.78 is 20.7. The second kappa shape index (κ2) is 15.9. The molecule has 0 radical (unpaired) electrons. The van der Waals surface area contributed by atoms with Crippen molar-refractivity contribution in [2.24, 2.45) is 0 Å². The number of hydrogen-bond donors (Lipinski definition) is 0. The van der Waals surface area contributed by atoms with E-state index in [4.69, 9.17) is 37.4 Å². The molecule has 6 aromatic carbocycles. The van der Waals surface area contributed by atoms with Crippen LogP contribution in [0.4, 0.5) is 0 Å². The Morgan fingerprint density at radius 2 is 0.630 bits per heavy atom. The third kappa shape index (κ3) is 8.32. The minimum Gasteiger partial charge on any atom is -0.364 e. The molecule has 0 saturated heterocycles. The molecule has 0 amide bonds. The molecule has 0 saturated carbocycles. The lowest BCUT2D eigenvalue weighted by Crippen LogP contribution is -2.29. The van der Waals surface area contributed by atoms with Gasteiger partial charge in [-0.2, -0.15) is 0 Å². The Bertz CT molecular complexity index is 1620. The summed E-state index contributed by atoms with van der Waals surface area (Å²) in [5.74, 6) is 0. The Labute approximate surface area is 280 Å². The second-order valence-corrected chi connectivity index (χ2v) is 11.8. The first-order chi connectivity index (χ1) is 22.6. The molecule has 6 aromatic rings. The van der Waals surface area contributed by atoms with Crippen molar-refractivity contribution in [2.75, 3.05) is 6.61 Å². The largest absolute Gasteiger partial charge is 0.364 e. The van der Waals surface area contributed by atoms with E-state index in [1.807, 2.05) is 121 Å².